The summed E-state index contributed by atoms with van der Waals surface area (Å²) in [6.45, 7) is 0. The summed E-state index contributed by atoms with van der Waals surface area (Å²) in [7, 11) is 1.90. The zero-order chi connectivity index (χ0) is 11.4. The van der Waals surface area contributed by atoms with E-state index in [2.05, 4.69) is 21.2 Å². The largest absolute Gasteiger partial charge is 0.312 e. The average Bonchev–Trinajstić information content (AvgIpc) is 2.35. The number of rotatable bonds is 3. The Bertz CT molecular complexity index is 523. The molecular formula is C13H13N3. The van der Waals surface area contributed by atoms with Gasteiger partial charge in [0, 0.05) is 24.9 Å². The van der Waals surface area contributed by atoms with Crippen LogP contribution in [-0.2, 0) is 0 Å². The summed E-state index contributed by atoms with van der Waals surface area (Å²) >= 11 is 0. The Labute approximate surface area is 94.9 Å². The first-order chi connectivity index (χ1) is 7.86. The number of terminal acetylenes is 1. The molecule has 0 saturated carbocycles. The van der Waals surface area contributed by atoms with Crippen molar-refractivity contribution in [2.24, 2.45) is 0 Å². The number of nitrogens with zero attached hydrogens (tertiary/aromatic N) is 2. The number of nitrogens with one attached hydrogen (secondary N) is 1. The van der Waals surface area contributed by atoms with E-state index < -0.39 is 0 Å². The number of hydrogen-bond donors (Lipinski definition) is 1. The van der Waals surface area contributed by atoms with Crippen LogP contribution in [0.3, 0.4) is 0 Å². The van der Waals surface area contributed by atoms with Crippen molar-refractivity contribution >= 4 is 11.0 Å². The lowest BCUT2D eigenvalue weighted by molar-refractivity contribution is 0.615. The maximum atomic E-state index is 5.36. The van der Waals surface area contributed by atoms with Crippen LogP contribution in [0.15, 0.2) is 30.6 Å². The molecule has 80 valence electrons. The third-order valence-electron chi connectivity index (χ3n) is 2.58. The Morgan fingerprint density at radius 3 is 2.94 bits per heavy atom. The van der Waals surface area contributed by atoms with Crippen LogP contribution in [-0.4, -0.2) is 17.0 Å². The fraction of sp³-hybridized carbons (Fsp3) is 0.231. The zero-order valence-corrected chi connectivity index (χ0v) is 9.14. The summed E-state index contributed by atoms with van der Waals surface area (Å²) in [4.78, 5) is 8.64. The number of fused-ring (bicyclic) bond motifs is 1. The predicted octanol–water partition coefficient (Wildman–Crippen LogP) is 1.91. The lowest BCUT2D eigenvalue weighted by atomic mass is 10.0. The summed E-state index contributed by atoms with van der Waals surface area (Å²) < 4.78 is 0. The molecule has 0 aliphatic rings. The molecule has 0 aliphatic heterocycles. The van der Waals surface area contributed by atoms with Crippen LogP contribution < -0.4 is 5.32 Å². The molecule has 0 bridgehead atoms. The van der Waals surface area contributed by atoms with Gasteiger partial charge in [-0.2, -0.15) is 0 Å². The molecule has 1 N–H and O–H groups in total. The zero-order valence-electron chi connectivity index (χ0n) is 9.14. The lowest BCUT2D eigenvalue weighted by Gasteiger charge is -2.14. The second kappa shape index (κ2) is 4.73. The van der Waals surface area contributed by atoms with Gasteiger partial charge in [-0.15, -0.1) is 12.3 Å². The van der Waals surface area contributed by atoms with Gasteiger partial charge in [0.1, 0.15) is 0 Å². The number of benzene rings is 1. The second-order valence-corrected chi connectivity index (χ2v) is 3.52. The SMILES string of the molecule is C#CCC(NC)c1cccc2nccnc12. The maximum absolute atomic E-state index is 5.36. The Kier molecular flexibility index (Phi) is 3.13. The molecule has 1 aromatic heterocycles. The van der Waals surface area contributed by atoms with Gasteiger partial charge < -0.3 is 5.32 Å². The van der Waals surface area contributed by atoms with Crippen molar-refractivity contribution < 1.29 is 0 Å². The van der Waals surface area contributed by atoms with Crippen molar-refractivity contribution in [2.75, 3.05) is 7.05 Å². The summed E-state index contributed by atoms with van der Waals surface area (Å²) in [5.74, 6) is 2.67. The van der Waals surface area contributed by atoms with Crippen LogP contribution in [0.4, 0.5) is 0 Å². The molecule has 1 atom stereocenters. The molecule has 3 heteroatoms. The minimum absolute atomic E-state index is 0.130. The van der Waals surface area contributed by atoms with Crippen molar-refractivity contribution in [1.82, 2.24) is 15.3 Å². The highest BCUT2D eigenvalue weighted by molar-refractivity contribution is 5.78. The van der Waals surface area contributed by atoms with Gasteiger partial charge in [-0.1, -0.05) is 12.1 Å². The normalized spacial score (nSPS) is 12.2. The Balaban J connectivity index is 2.55. The van der Waals surface area contributed by atoms with Crippen LogP contribution >= 0.6 is 0 Å². The molecule has 1 heterocycles. The van der Waals surface area contributed by atoms with Gasteiger partial charge in [0.15, 0.2) is 0 Å². The summed E-state index contributed by atoms with van der Waals surface area (Å²) in [5.41, 5.74) is 2.92. The predicted molar refractivity (Wildman–Crippen MR) is 64.8 cm³/mol. The van der Waals surface area contributed by atoms with Crippen molar-refractivity contribution in [1.29, 1.82) is 0 Å². The van der Waals surface area contributed by atoms with Crippen molar-refractivity contribution in [3.8, 4) is 12.3 Å². The summed E-state index contributed by atoms with van der Waals surface area (Å²) in [6.07, 6.45) is 9.40. The number of hydrogen-bond acceptors (Lipinski definition) is 3. The monoisotopic (exact) mass is 211 g/mol. The fourth-order valence-corrected chi connectivity index (χ4v) is 1.78. The van der Waals surface area contributed by atoms with Gasteiger partial charge in [0.2, 0.25) is 0 Å². The van der Waals surface area contributed by atoms with Crippen molar-refractivity contribution in [2.45, 2.75) is 12.5 Å². The third kappa shape index (κ3) is 1.88. The molecule has 16 heavy (non-hydrogen) atoms. The van der Waals surface area contributed by atoms with E-state index in [0.717, 1.165) is 16.6 Å². The molecule has 0 saturated heterocycles. The third-order valence-corrected chi connectivity index (χ3v) is 2.58. The minimum Gasteiger partial charge on any atom is -0.312 e. The van der Waals surface area contributed by atoms with E-state index in [1.807, 2.05) is 25.2 Å². The van der Waals surface area contributed by atoms with E-state index >= 15 is 0 Å². The van der Waals surface area contributed by atoms with Gasteiger partial charge in [-0.25, -0.2) is 0 Å². The molecule has 0 spiro atoms. The van der Waals surface area contributed by atoms with Gasteiger partial charge >= 0.3 is 0 Å². The van der Waals surface area contributed by atoms with E-state index in [4.69, 9.17) is 6.42 Å². The van der Waals surface area contributed by atoms with Crippen LogP contribution in [0.25, 0.3) is 11.0 Å². The summed E-state index contributed by atoms with van der Waals surface area (Å²) in [6, 6.07) is 6.10. The Morgan fingerprint density at radius 1 is 1.38 bits per heavy atom. The highest BCUT2D eigenvalue weighted by Gasteiger charge is 2.12. The van der Waals surface area contributed by atoms with E-state index in [1.165, 1.54) is 0 Å². The first kappa shape index (κ1) is 10.6. The van der Waals surface area contributed by atoms with Gasteiger partial charge in [0.25, 0.3) is 0 Å². The molecule has 2 aromatic rings. The van der Waals surface area contributed by atoms with E-state index in [1.54, 1.807) is 12.4 Å². The summed E-state index contributed by atoms with van der Waals surface area (Å²) in [5, 5.41) is 3.20. The second-order valence-electron chi connectivity index (χ2n) is 3.52. The molecule has 0 aliphatic carbocycles. The maximum Gasteiger partial charge on any atom is 0.0934 e. The molecular weight excluding hydrogens is 198 g/mol. The van der Waals surface area contributed by atoms with Gasteiger partial charge in [0.05, 0.1) is 11.0 Å². The molecule has 0 amide bonds. The van der Waals surface area contributed by atoms with Crippen LogP contribution in [0, 0.1) is 12.3 Å². The lowest BCUT2D eigenvalue weighted by Crippen LogP contribution is -2.16. The van der Waals surface area contributed by atoms with E-state index in [9.17, 15) is 0 Å². The Hall–Kier alpha value is -1.92. The Morgan fingerprint density at radius 2 is 2.19 bits per heavy atom. The van der Waals surface area contributed by atoms with Gasteiger partial charge in [-0.05, 0) is 18.7 Å². The van der Waals surface area contributed by atoms with Crippen LogP contribution in [0.1, 0.15) is 18.0 Å². The first-order valence-electron chi connectivity index (χ1n) is 5.17. The fourth-order valence-electron chi connectivity index (χ4n) is 1.78. The smallest absolute Gasteiger partial charge is 0.0934 e. The standard InChI is InChI=1S/C13H13N3/c1-3-5-11(14-2)10-6-4-7-12-13(10)16-9-8-15-12/h1,4,6-9,11,14H,5H2,2H3. The van der Waals surface area contributed by atoms with E-state index in [-0.39, 0.29) is 6.04 Å². The number of para-hydroxylation sites is 1. The molecule has 1 aromatic carbocycles. The highest BCUT2D eigenvalue weighted by Crippen LogP contribution is 2.22. The van der Waals surface area contributed by atoms with Crippen molar-refractivity contribution in [3.63, 3.8) is 0 Å². The molecule has 2 rings (SSSR count). The van der Waals surface area contributed by atoms with Crippen molar-refractivity contribution in [3.05, 3.63) is 36.2 Å². The first-order valence-corrected chi connectivity index (χ1v) is 5.17. The minimum atomic E-state index is 0.130. The van der Waals surface area contributed by atoms with Gasteiger partial charge in [-0.3, -0.25) is 9.97 Å². The molecule has 0 radical (unpaired) electrons. The van der Waals surface area contributed by atoms with Crippen LogP contribution in [0.2, 0.25) is 0 Å². The average molecular weight is 211 g/mol. The van der Waals surface area contributed by atoms with E-state index in [0.29, 0.717) is 6.42 Å². The quantitative estimate of drug-likeness (QED) is 0.788. The van der Waals surface area contributed by atoms with Crippen LogP contribution in [0.5, 0.6) is 0 Å². The molecule has 0 fully saturated rings. The molecule has 3 nitrogen and oxygen atoms in total. The molecule has 1 unspecified atom stereocenters. The topological polar surface area (TPSA) is 37.8 Å². The number of aromatic nitrogens is 2. The highest BCUT2D eigenvalue weighted by atomic mass is 14.9.